The number of hydrogen-bond donors (Lipinski definition) is 2. The zero-order valence-corrected chi connectivity index (χ0v) is 19.8. The first kappa shape index (κ1) is 29.6. The zero-order valence-electron chi connectivity index (χ0n) is 17.0. The Hall–Kier alpha value is -0.110. The van der Waals surface area contributed by atoms with Gasteiger partial charge in [0.05, 0.1) is 5.75 Å². The van der Waals surface area contributed by atoms with Crippen molar-refractivity contribution in [2.45, 2.75) is 60.3 Å². The Morgan fingerprint density at radius 3 is 1.68 bits per heavy atom. The molecule has 142 valence electrons. The van der Waals surface area contributed by atoms with Gasteiger partial charge in [-0.3, -0.25) is 4.55 Å². The molecule has 0 saturated heterocycles. The van der Waals surface area contributed by atoms with Gasteiger partial charge in [-0.1, -0.05) is 59.7 Å². The molecule has 0 aromatic heterocycles. The number of para-hydroxylation sites is 1. The van der Waals surface area contributed by atoms with E-state index in [-0.39, 0.29) is 52.7 Å². The van der Waals surface area contributed by atoms with E-state index in [1.165, 1.54) is 6.92 Å². The molecule has 0 heterocycles. The van der Waals surface area contributed by atoms with Gasteiger partial charge >= 0.3 is 29.6 Å². The van der Waals surface area contributed by atoms with Crippen LogP contribution in [0.3, 0.4) is 0 Å². The van der Waals surface area contributed by atoms with Gasteiger partial charge in [0.15, 0.2) is 0 Å². The van der Waals surface area contributed by atoms with Gasteiger partial charge in [-0.2, -0.15) is 8.42 Å². The van der Waals surface area contributed by atoms with Crippen molar-refractivity contribution in [2.24, 2.45) is 5.41 Å². The maximum Gasteiger partial charge on any atom is 1.00 e. The molecule has 0 aliphatic heterocycles. The average Bonchev–Trinajstić information content (AvgIpc) is 2.37. The molecule has 2 N–H and O–H groups in total. The molecule has 0 aliphatic rings. The van der Waals surface area contributed by atoms with E-state index in [4.69, 9.17) is 9.66 Å². The van der Waals surface area contributed by atoms with Crippen LogP contribution in [0.25, 0.3) is 0 Å². The summed E-state index contributed by atoms with van der Waals surface area (Å²) >= 11 is 0. The molecule has 5 nitrogen and oxygen atoms in total. The Morgan fingerprint density at radius 1 is 1.04 bits per heavy atom. The fourth-order valence-corrected chi connectivity index (χ4v) is 2.47. The summed E-state index contributed by atoms with van der Waals surface area (Å²) in [6.07, 6.45) is 1.05. The number of hydrogen-bond acceptors (Lipinski definition) is 4. The molecule has 0 saturated carbocycles. The van der Waals surface area contributed by atoms with E-state index in [2.05, 4.69) is 34.6 Å². The molecular weight excluding hydrogens is 351 g/mol. The maximum atomic E-state index is 9.84. The molecule has 1 rings (SSSR count). The minimum atomic E-state index is -3.66. The van der Waals surface area contributed by atoms with Crippen molar-refractivity contribution in [1.82, 2.24) is 0 Å². The SMILES string of the molecule is CC(C)(C)CC(C)(C)c1ccccc1O.CCS(=O)(=O)O.CC[O-].[Na+]. The van der Waals surface area contributed by atoms with Gasteiger partial charge in [0.2, 0.25) is 0 Å². The normalized spacial score (nSPS) is 11.2. The number of rotatable bonds is 3. The van der Waals surface area contributed by atoms with Crippen molar-refractivity contribution >= 4 is 10.1 Å². The van der Waals surface area contributed by atoms with Crippen molar-refractivity contribution in [3.8, 4) is 5.75 Å². The van der Waals surface area contributed by atoms with E-state index in [9.17, 15) is 13.5 Å². The summed E-state index contributed by atoms with van der Waals surface area (Å²) in [4.78, 5) is 0. The van der Waals surface area contributed by atoms with Gasteiger partial charge in [-0.05, 0) is 35.8 Å². The standard InChI is InChI=1S/C14H22O.C2H6O3S.C2H5O.Na/c1-13(2,3)10-14(4,5)11-8-6-7-9-12(11)15;1-2-6(3,4)5;1-2-3;/h6-9,15H,10H2,1-5H3;2H2,1H3,(H,3,4,5);2H2,1H3;/q;;-1;+1. The largest absolute Gasteiger partial charge is 1.00 e. The van der Waals surface area contributed by atoms with Crippen LogP contribution < -0.4 is 34.7 Å². The topological polar surface area (TPSA) is 97.7 Å². The molecule has 0 unspecified atom stereocenters. The smallest absolute Gasteiger partial charge is 0.855 e. The minimum absolute atomic E-state index is 0. The van der Waals surface area contributed by atoms with Crippen LogP contribution in [0, 0.1) is 5.41 Å². The Balaban J connectivity index is -0.000000408. The van der Waals surface area contributed by atoms with Crippen LogP contribution in [0.5, 0.6) is 5.75 Å². The second kappa shape index (κ2) is 13.1. The summed E-state index contributed by atoms with van der Waals surface area (Å²) in [6.45, 7) is 14.0. The van der Waals surface area contributed by atoms with E-state index in [0.29, 0.717) is 5.75 Å². The maximum absolute atomic E-state index is 9.84. The molecular formula is C18H33NaO5S. The molecule has 0 fully saturated rings. The Morgan fingerprint density at radius 2 is 1.40 bits per heavy atom. The van der Waals surface area contributed by atoms with Crippen molar-refractivity contribution in [2.75, 3.05) is 12.4 Å². The molecule has 0 amide bonds. The summed E-state index contributed by atoms with van der Waals surface area (Å²) < 4.78 is 26.9. The number of aromatic hydroxyl groups is 1. The van der Waals surface area contributed by atoms with E-state index in [1.807, 2.05) is 18.2 Å². The summed E-state index contributed by atoms with van der Waals surface area (Å²) in [7, 11) is -3.66. The minimum Gasteiger partial charge on any atom is -0.855 e. The predicted molar refractivity (Wildman–Crippen MR) is 97.8 cm³/mol. The molecule has 1 aromatic carbocycles. The molecule has 0 bridgehead atoms. The van der Waals surface area contributed by atoms with Crippen LogP contribution >= 0.6 is 0 Å². The fraction of sp³-hybridized carbons (Fsp3) is 0.667. The van der Waals surface area contributed by atoms with Crippen molar-refractivity contribution in [1.29, 1.82) is 0 Å². The van der Waals surface area contributed by atoms with Crippen LogP contribution in [-0.4, -0.2) is 30.4 Å². The van der Waals surface area contributed by atoms with Crippen LogP contribution in [0.2, 0.25) is 0 Å². The van der Waals surface area contributed by atoms with Gasteiger partial charge in [-0.15, -0.1) is 6.61 Å². The van der Waals surface area contributed by atoms with Gasteiger partial charge in [0, 0.05) is 0 Å². The Labute approximate surface area is 175 Å². The average molecular weight is 385 g/mol. The Kier molecular flexibility index (Phi) is 15.6. The second-order valence-corrected chi connectivity index (χ2v) is 9.04. The third kappa shape index (κ3) is 17.1. The quantitative estimate of drug-likeness (QED) is 0.580. The molecule has 0 aliphatic carbocycles. The van der Waals surface area contributed by atoms with Crippen molar-refractivity contribution in [3.63, 3.8) is 0 Å². The number of phenols is 1. The molecule has 25 heavy (non-hydrogen) atoms. The van der Waals surface area contributed by atoms with Crippen LogP contribution in [-0.2, 0) is 15.5 Å². The van der Waals surface area contributed by atoms with Gasteiger partial charge < -0.3 is 10.2 Å². The van der Waals surface area contributed by atoms with Gasteiger partial charge in [0.1, 0.15) is 5.75 Å². The predicted octanol–water partition coefficient (Wildman–Crippen LogP) is 0.371. The molecule has 0 spiro atoms. The van der Waals surface area contributed by atoms with E-state index >= 15 is 0 Å². The summed E-state index contributed by atoms with van der Waals surface area (Å²) in [5.74, 6) is 0.208. The van der Waals surface area contributed by atoms with Gasteiger partial charge in [0.25, 0.3) is 10.1 Å². The van der Waals surface area contributed by atoms with Crippen LogP contribution in [0.15, 0.2) is 24.3 Å². The summed E-state index contributed by atoms with van der Waals surface area (Å²) in [5, 5.41) is 18.8. The fourth-order valence-electron chi connectivity index (χ4n) is 2.47. The monoisotopic (exact) mass is 384 g/mol. The first-order valence-electron chi connectivity index (χ1n) is 8.02. The van der Waals surface area contributed by atoms with Crippen LogP contribution in [0.4, 0.5) is 0 Å². The third-order valence-electron chi connectivity index (χ3n) is 2.97. The van der Waals surface area contributed by atoms with Crippen molar-refractivity contribution in [3.05, 3.63) is 29.8 Å². The zero-order chi connectivity index (χ0) is 19.6. The number of benzene rings is 1. The summed E-state index contributed by atoms with van der Waals surface area (Å²) in [6, 6.07) is 7.63. The van der Waals surface area contributed by atoms with Crippen LogP contribution in [0.1, 0.15) is 60.5 Å². The Bertz CT molecular complexity index is 563. The van der Waals surface area contributed by atoms with E-state index in [1.54, 1.807) is 13.0 Å². The van der Waals surface area contributed by atoms with Gasteiger partial charge in [-0.25, -0.2) is 0 Å². The summed E-state index contributed by atoms with van der Waals surface area (Å²) in [5.41, 5.74) is 1.33. The first-order valence-corrected chi connectivity index (χ1v) is 9.62. The second-order valence-electron chi connectivity index (χ2n) is 7.30. The molecule has 1 aromatic rings. The third-order valence-corrected chi connectivity index (χ3v) is 3.70. The van der Waals surface area contributed by atoms with E-state index < -0.39 is 10.1 Å². The van der Waals surface area contributed by atoms with E-state index in [0.717, 1.165) is 12.0 Å². The first-order chi connectivity index (χ1) is 10.7. The molecule has 0 radical (unpaired) electrons. The van der Waals surface area contributed by atoms with Crippen molar-refractivity contribution < 1.29 is 52.7 Å². The number of phenolic OH excluding ortho intramolecular Hbond substituents is 1. The molecule has 0 atom stereocenters. The molecule has 7 heteroatoms.